The number of hydrogen-bond acceptors (Lipinski definition) is 3. The Kier molecular flexibility index (Phi) is 5.06. The van der Waals surface area contributed by atoms with Gasteiger partial charge < -0.3 is 15.3 Å². The topological polar surface area (TPSA) is 69.6 Å². The van der Waals surface area contributed by atoms with Gasteiger partial charge in [-0.05, 0) is 31.9 Å². The van der Waals surface area contributed by atoms with E-state index in [-0.39, 0.29) is 29.5 Å². The first kappa shape index (κ1) is 16.3. The van der Waals surface area contributed by atoms with Crippen LogP contribution >= 0.6 is 0 Å². The molecular formula is C17H24N2O3. The summed E-state index contributed by atoms with van der Waals surface area (Å²) in [5.41, 5.74) is 1.26. The van der Waals surface area contributed by atoms with Crippen molar-refractivity contribution in [3.63, 3.8) is 0 Å². The minimum atomic E-state index is -0.176. The van der Waals surface area contributed by atoms with Crippen molar-refractivity contribution in [3.8, 4) is 5.75 Å². The summed E-state index contributed by atoms with van der Waals surface area (Å²) in [5.74, 6) is -0.224. The van der Waals surface area contributed by atoms with Gasteiger partial charge in [-0.25, -0.2) is 0 Å². The number of carbonyl (C=O) groups excluding carboxylic acids is 2. The number of benzene rings is 1. The van der Waals surface area contributed by atoms with Crippen molar-refractivity contribution in [1.29, 1.82) is 0 Å². The average Bonchev–Trinajstić information content (AvgIpc) is 2.49. The first-order valence-electron chi connectivity index (χ1n) is 7.77. The molecule has 5 heteroatoms. The van der Waals surface area contributed by atoms with E-state index in [1.165, 1.54) is 0 Å². The monoisotopic (exact) mass is 304 g/mol. The van der Waals surface area contributed by atoms with Gasteiger partial charge in [-0.3, -0.25) is 9.59 Å². The summed E-state index contributed by atoms with van der Waals surface area (Å²) in [6.45, 7) is 6.74. The summed E-state index contributed by atoms with van der Waals surface area (Å²) in [7, 11) is 0. The van der Waals surface area contributed by atoms with Gasteiger partial charge in [0.25, 0.3) is 5.91 Å². The fourth-order valence-corrected chi connectivity index (χ4v) is 2.64. The van der Waals surface area contributed by atoms with Gasteiger partial charge in [0, 0.05) is 25.0 Å². The minimum Gasteiger partial charge on any atom is -0.507 e. The van der Waals surface area contributed by atoms with Crippen molar-refractivity contribution < 1.29 is 14.7 Å². The number of nitrogens with zero attached hydrogens (tertiary/aromatic N) is 1. The van der Waals surface area contributed by atoms with Crippen molar-refractivity contribution in [2.24, 2.45) is 5.92 Å². The lowest BCUT2D eigenvalue weighted by molar-refractivity contribution is -0.125. The Morgan fingerprint density at radius 2 is 2.09 bits per heavy atom. The van der Waals surface area contributed by atoms with E-state index in [9.17, 15) is 14.7 Å². The van der Waals surface area contributed by atoms with Crippen molar-refractivity contribution in [3.05, 3.63) is 29.3 Å². The lowest BCUT2D eigenvalue weighted by Gasteiger charge is -2.33. The summed E-state index contributed by atoms with van der Waals surface area (Å²) in [5, 5.41) is 12.9. The number of likely N-dealkylation sites (tertiary alicyclic amines) is 1. The molecule has 0 bridgehead atoms. The fraction of sp³-hybridized carbons (Fsp3) is 0.529. The second kappa shape index (κ2) is 6.81. The van der Waals surface area contributed by atoms with Gasteiger partial charge in [0.05, 0.1) is 5.56 Å². The third-order valence-corrected chi connectivity index (χ3v) is 3.96. The summed E-state index contributed by atoms with van der Waals surface area (Å²) in [6, 6.07) is 5.01. The molecule has 1 aliphatic rings. The van der Waals surface area contributed by atoms with Crippen LogP contribution < -0.4 is 5.32 Å². The maximum atomic E-state index is 12.6. The molecule has 120 valence electrons. The number of aromatic hydroxyl groups is 1. The number of rotatable bonds is 3. The zero-order valence-electron chi connectivity index (χ0n) is 13.4. The predicted octanol–water partition coefficient (Wildman–Crippen LogP) is 2.08. The van der Waals surface area contributed by atoms with Crippen molar-refractivity contribution in [1.82, 2.24) is 10.2 Å². The Bertz CT molecular complexity index is 569. The number of carbonyl (C=O) groups is 2. The van der Waals surface area contributed by atoms with Crippen LogP contribution in [0.3, 0.4) is 0 Å². The van der Waals surface area contributed by atoms with Crippen LogP contribution in [0.5, 0.6) is 5.75 Å². The molecule has 1 fully saturated rings. The van der Waals surface area contributed by atoms with Crippen LogP contribution in [-0.2, 0) is 4.79 Å². The van der Waals surface area contributed by atoms with Gasteiger partial charge in [0.15, 0.2) is 0 Å². The summed E-state index contributed by atoms with van der Waals surface area (Å²) in [6.07, 6.45) is 1.73. The van der Waals surface area contributed by atoms with E-state index in [0.29, 0.717) is 18.7 Å². The molecule has 1 atom stereocenters. The molecule has 0 aliphatic carbocycles. The Balaban J connectivity index is 2.07. The van der Waals surface area contributed by atoms with E-state index in [0.717, 1.165) is 18.4 Å². The lowest BCUT2D eigenvalue weighted by Crippen LogP contribution is -2.50. The van der Waals surface area contributed by atoms with E-state index in [1.807, 2.05) is 20.8 Å². The second-order valence-electron chi connectivity index (χ2n) is 6.27. The number of amides is 2. The van der Waals surface area contributed by atoms with Crippen LogP contribution in [0.1, 0.15) is 42.6 Å². The van der Waals surface area contributed by atoms with Crippen molar-refractivity contribution in [2.45, 2.75) is 39.7 Å². The van der Waals surface area contributed by atoms with Crippen LogP contribution in [0.4, 0.5) is 0 Å². The number of phenolic OH excluding ortho intramolecular Hbond substituents is 1. The zero-order chi connectivity index (χ0) is 16.3. The molecule has 22 heavy (non-hydrogen) atoms. The number of hydrogen-bond donors (Lipinski definition) is 2. The lowest BCUT2D eigenvalue weighted by atomic mass is 10.0. The van der Waals surface area contributed by atoms with Crippen LogP contribution in [0.15, 0.2) is 18.2 Å². The second-order valence-corrected chi connectivity index (χ2v) is 6.27. The highest BCUT2D eigenvalue weighted by Crippen LogP contribution is 2.22. The number of aryl methyl sites for hydroxylation is 1. The largest absolute Gasteiger partial charge is 0.507 e. The molecule has 0 spiro atoms. The number of phenols is 1. The molecule has 1 saturated heterocycles. The van der Waals surface area contributed by atoms with E-state index in [2.05, 4.69) is 5.32 Å². The van der Waals surface area contributed by atoms with E-state index in [1.54, 1.807) is 23.1 Å². The summed E-state index contributed by atoms with van der Waals surface area (Å²) in [4.78, 5) is 26.1. The highest BCUT2D eigenvalue weighted by molar-refractivity contribution is 5.97. The summed E-state index contributed by atoms with van der Waals surface area (Å²) < 4.78 is 0. The Morgan fingerprint density at radius 1 is 1.36 bits per heavy atom. The van der Waals surface area contributed by atoms with Gasteiger partial charge in [0.1, 0.15) is 5.75 Å². The normalized spacial score (nSPS) is 18.4. The molecule has 0 aromatic heterocycles. The van der Waals surface area contributed by atoms with Gasteiger partial charge in [0.2, 0.25) is 5.91 Å². The first-order valence-corrected chi connectivity index (χ1v) is 7.77. The van der Waals surface area contributed by atoms with Gasteiger partial charge >= 0.3 is 0 Å². The van der Waals surface area contributed by atoms with E-state index < -0.39 is 0 Å². The Hall–Kier alpha value is -2.04. The molecule has 1 heterocycles. The fourth-order valence-electron chi connectivity index (χ4n) is 2.64. The molecular weight excluding hydrogens is 280 g/mol. The van der Waals surface area contributed by atoms with Crippen LogP contribution in [-0.4, -0.2) is 41.0 Å². The molecule has 1 aromatic carbocycles. The van der Waals surface area contributed by atoms with E-state index in [4.69, 9.17) is 0 Å². The molecule has 0 radical (unpaired) electrons. The molecule has 5 nitrogen and oxygen atoms in total. The molecule has 0 saturated carbocycles. The highest BCUT2D eigenvalue weighted by Gasteiger charge is 2.27. The molecule has 2 amide bonds. The average molecular weight is 304 g/mol. The Labute approximate surface area is 131 Å². The SMILES string of the molecule is Cc1ccc(O)c(C(=O)N2CCCC(NC(=O)C(C)C)C2)c1. The zero-order valence-corrected chi connectivity index (χ0v) is 13.4. The maximum Gasteiger partial charge on any atom is 0.257 e. The highest BCUT2D eigenvalue weighted by atomic mass is 16.3. The van der Waals surface area contributed by atoms with Crippen LogP contribution in [0.25, 0.3) is 0 Å². The van der Waals surface area contributed by atoms with Gasteiger partial charge in [-0.15, -0.1) is 0 Å². The van der Waals surface area contributed by atoms with Crippen LogP contribution in [0, 0.1) is 12.8 Å². The van der Waals surface area contributed by atoms with Crippen LogP contribution in [0.2, 0.25) is 0 Å². The number of piperidine rings is 1. The molecule has 2 N–H and O–H groups in total. The third kappa shape index (κ3) is 3.78. The summed E-state index contributed by atoms with van der Waals surface area (Å²) >= 11 is 0. The van der Waals surface area contributed by atoms with Gasteiger partial charge in [-0.1, -0.05) is 25.5 Å². The van der Waals surface area contributed by atoms with Crippen molar-refractivity contribution in [2.75, 3.05) is 13.1 Å². The Morgan fingerprint density at radius 3 is 2.77 bits per heavy atom. The van der Waals surface area contributed by atoms with Crippen molar-refractivity contribution >= 4 is 11.8 Å². The third-order valence-electron chi connectivity index (χ3n) is 3.96. The minimum absolute atomic E-state index is 0.00365. The standard InChI is InChI=1S/C17H24N2O3/c1-11(2)16(21)18-13-5-4-8-19(10-13)17(22)14-9-12(3)6-7-15(14)20/h6-7,9,11,13,20H,4-5,8,10H2,1-3H3,(H,18,21). The first-order chi connectivity index (χ1) is 10.4. The molecule has 1 aliphatic heterocycles. The quantitative estimate of drug-likeness (QED) is 0.898. The molecule has 1 unspecified atom stereocenters. The molecule has 1 aromatic rings. The smallest absolute Gasteiger partial charge is 0.257 e. The number of nitrogens with one attached hydrogen (secondary N) is 1. The predicted molar refractivity (Wildman–Crippen MR) is 84.8 cm³/mol. The molecule has 2 rings (SSSR count). The maximum absolute atomic E-state index is 12.6. The van der Waals surface area contributed by atoms with Gasteiger partial charge in [-0.2, -0.15) is 0 Å². The van der Waals surface area contributed by atoms with E-state index >= 15 is 0 Å².